The van der Waals surface area contributed by atoms with Gasteiger partial charge in [0, 0.05) is 17.2 Å². The first-order valence-corrected chi connectivity index (χ1v) is 7.05. The lowest BCUT2D eigenvalue weighted by molar-refractivity contribution is 0.564. The molecule has 1 rings (SSSR count). The Morgan fingerprint density at radius 2 is 2.19 bits per heavy atom. The summed E-state index contributed by atoms with van der Waals surface area (Å²) < 4.78 is 28.6. The van der Waals surface area contributed by atoms with Gasteiger partial charge in [0.25, 0.3) is 10.2 Å². The Bertz CT molecular complexity index is 448. The second kappa shape index (κ2) is 5.60. The molecule has 0 saturated carbocycles. The number of hydrogen-bond acceptors (Lipinski definition) is 3. The molecule has 1 aromatic rings. The molecule has 0 fully saturated rings. The van der Waals surface area contributed by atoms with Gasteiger partial charge in [-0.25, -0.2) is 4.98 Å². The number of nitrogens with one attached hydrogen (secondary N) is 2. The quantitative estimate of drug-likeness (QED) is 0.870. The first-order valence-electron chi connectivity index (χ1n) is 4.78. The number of nitrogens with zero attached hydrogens (tertiary/aromatic N) is 1. The molecule has 16 heavy (non-hydrogen) atoms. The van der Waals surface area contributed by atoms with E-state index in [1.807, 2.05) is 13.8 Å². The summed E-state index contributed by atoms with van der Waals surface area (Å²) in [4.78, 5) is 3.89. The lowest BCUT2D eigenvalue weighted by atomic mass is 10.2. The van der Waals surface area contributed by atoms with Crippen LogP contribution >= 0.6 is 15.9 Å². The van der Waals surface area contributed by atoms with Gasteiger partial charge in [-0.2, -0.15) is 13.1 Å². The number of anilines is 1. The van der Waals surface area contributed by atoms with Gasteiger partial charge in [0.15, 0.2) is 0 Å². The third kappa shape index (κ3) is 4.91. The Labute approximate surface area is 104 Å². The number of hydrogen-bond donors (Lipinski definition) is 2. The molecule has 0 saturated heterocycles. The van der Waals surface area contributed by atoms with E-state index in [1.54, 1.807) is 12.1 Å². The molecular weight excluding hydrogens is 294 g/mol. The van der Waals surface area contributed by atoms with Gasteiger partial charge in [0.05, 0.1) is 0 Å². The maximum absolute atomic E-state index is 11.5. The van der Waals surface area contributed by atoms with Crippen LogP contribution in [0.4, 0.5) is 5.82 Å². The number of aromatic nitrogens is 1. The van der Waals surface area contributed by atoms with Crippen molar-refractivity contribution in [2.24, 2.45) is 5.92 Å². The van der Waals surface area contributed by atoms with Crippen molar-refractivity contribution in [2.75, 3.05) is 11.3 Å². The highest BCUT2D eigenvalue weighted by Crippen LogP contribution is 2.13. The normalized spacial score (nSPS) is 11.8. The summed E-state index contributed by atoms with van der Waals surface area (Å²) in [6, 6.07) is 3.31. The Hall–Kier alpha value is -0.660. The van der Waals surface area contributed by atoms with Gasteiger partial charge < -0.3 is 0 Å². The molecule has 90 valence electrons. The molecule has 0 amide bonds. The summed E-state index contributed by atoms with van der Waals surface area (Å²) in [6.45, 7) is 4.25. The van der Waals surface area contributed by atoms with Crippen LogP contribution in [0.1, 0.15) is 13.8 Å². The maximum Gasteiger partial charge on any atom is 0.300 e. The van der Waals surface area contributed by atoms with Crippen molar-refractivity contribution in [3.8, 4) is 0 Å². The molecule has 0 bridgehead atoms. The molecule has 2 N–H and O–H groups in total. The first-order chi connectivity index (χ1) is 7.39. The van der Waals surface area contributed by atoms with Gasteiger partial charge in [-0.05, 0) is 18.1 Å². The number of pyridine rings is 1. The minimum atomic E-state index is -3.53. The van der Waals surface area contributed by atoms with Crippen molar-refractivity contribution >= 4 is 32.0 Å². The summed E-state index contributed by atoms with van der Waals surface area (Å²) >= 11 is 3.24. The molecule has 0 aromatic carbocycles. The molecule has 0 atom stereocenters. The molecule has 0 aliphatic rings. The average Bonchev–Trinajstić information content (AvgIpc) is 2.14. The SMILES string of the molecule is CC(C)CNS(=O)(=O)Nc1cc(Br)ccn1. The number of halogens is 1. The zero-order valence-electron chi connectivity index (χ0n) is 9.07. The van der Waals surface area contributed by atoms with E-state index in [9.17, 15) is 8.42 Å². The molecule has 7 heteroatoms. The second-order valence-corrected chi connectivity index (χ2v) is 6.12. The lowest BCUT2D eigenvalue weighted by Crippen LogP contribution is -2.33. The standard InChI is InChI=1S/C9H14BrN3O2S/c1-7(2)6-12-16(14,15)13-9-5-8(10)3-4-11-9/h3-5,7,12H,6H2,1-2H3,(H,11,13). The van der Waals surface area contributed by atoms with E-state index in [0.717, 1.165) is 4.47 Å². The summed E-state index contributed by atoms with van der Waals surface area (Å²) in [5.74, 6) is 0.540. The third-order valence-corrected chi connectivity index (χ3v) is 3.16. The van der Waals surface area contributed by atoms with E-state index in [0.29, 0.717) is 6.54 Å². The van der Waals surface area contributed by atoms with Crippen molar-refractivity contribution in [1.82, 2.24) is 9.71 Å². The first kappa shape index (κ1) is 13.4. The van der Waals surface area contributed by atoms with E-state index < -0.39 is 10.2 Å². The van der Waals surface area contributed by atoms with Crippen molar-refractivity contribution < 1.29 is 8.42 Å². The largest absolute Gasteiger partial charge is 0.300 e. The smallest absolute Gasteiger partial charge is 0.255 e. The van der Waals surface area contributed by atoms with E-state index in [4.69, 9.17) is 0 Å². The Kier molecular flexibility index (Phi) is 4.69. The van der Waals surface area contributed by atoms with Crippen LogP contribution in [0.15, 0.2) is 22.8 Å². The van der Waals surface area contributed by atoms with Crippen molar-refractivity contribution in [1.29, 1.82) is 0 Å². The van der Waals surface area contributed by atoms with Gasteiger partial charge in [0.2, 0.25) is 0 Å². The van der Waals surface area contributed by atoms with Gasteiger partial charge in [-0.15, -0.1) is 0 Å². The molecule has 1 heterocycles. The van der Waals surface area contributed by atoms with Crippen LogP contribution in [0.25, 0.3) is 0 Å². The lowest BCUT2D eigenvalue weighted by Gasteiger charge is -2.10. The number of rotatable bonds is 5. The fourth-order valence-corrected chi connectivity index (χ4v) is 2.26. The molecular formula is C9H14BrN3O2S. The third-order valence-electron chi connectivity index (χ3n) is 1.64. The zero-order chi connectivity index (χ0) is 12.2. The van der Waals surface area contributed by atoms with Crippen LogP contribution in [0, 0.1) is 5.92 Å². The summed E-state index contributed by atoms with van der Waals surface area (Å²) in [7, 11) is -3.53. The predicted molar refractivity (Wildman–Crippen MR) is 67.3 cm³/mol. The van der Waals surface area contributed by atoms with E-state index >= 15 is 0 Å². The maximum atomic E-state index is 11.5. The van der Waals surface area contributed by atoms with Crippen molar-refractivity contribution in [2.45, 2.75) is 13.8 Å². The fourth-order valence-electron chi connectivity index (χ4n) is 0.911. The van der Waals surface area contributed by atoms with Gasteiger partial charge >= 0.3 is 0 Å². The van der Waals surface area contributed by atoms with E-state index in [-0.39, 0.29) is 11.7 Å². The fraction of sp³-hybridized carbons (Fsp3) is 0.444. The Morgan fingerprint density at radius 3 is 2.75 bits per heavy atom. The monoisotopic (exact) mass is 307 g/mol. The van der Waals surface area contributed by atoms with Gasteiger partial charge in [-0.3, -0.25) is 4.72 Å². The van der Waals surface area contributed by atoms with Crippen LogP contribution in [0.2, 0.25) is 0 Å². The van der Waals surface area contributed by atoms with Crippen LogP contribution < -0.4 is 9.44 Å². The highest BCUT2D eigenvalue weighted by molar-refractivity contribution is 9.10. The Balaban J connectivity index is 2.66. The second-order valence-electron chi connectivity index (χ2n) is 3.71. The minimum absolute atomic E-state index is 0.257. The Morgan fingerprint density at radius 1 is 1.50 bits per heavy atom. The van der Waals surface area contributed by atoms with Gasteiger partial charge in [-0.1, -0.05) is 29.8 Å². The van der Waals surface area contributed by atoms with Crippen molar-refractivity contribution in [3.05, 3.63) is 22.8 Å². The van der Waals surface area contributed by atoms with Crippen LogP contribution in [-0.4, -0.2) is 19.9 Å². The minimum Gasteiger partial charge on any atom is -0.255 e. The average molecular weight is 308 g/mol. The molecule has 5 nitrogen and oxygen atoms in total. The molecule has 0 aliphatic carbocycles. The zero-order valence-corrected chi connectivity index (χ0v) is 11.5. The topological polar surface area (TPSA) is 71.1 Å². The van der Waals surface area contributed by atoms with Crippen molar-refractivity contribution in [3.63, 3.8) is 0 Å². The molecule has 0 spiro atoms. The van der Waals surface area contributed by atoms with E-state index in [1.165, 1.54) is 6.20 Å². The molecule has 1 aromatic heterocycles. The highest BCUT2D eigenvalue weighted by atomic mass is 79.9. The summed E-state index contributed by atoms with van der Waals surface area (Å²) in [6.07, 6.45) is 1.52. The molecule has 0 radical (unpaired) electrons. The van der Waals surface area contributed by atoms with Gasteiger partial charge in [0.1, 0.15) is 5.82 Å². The summed E-state index contributed by atoms with van der Waals surface area (Å²) in [5, 5.41) is 0. The van der Waals surface area contributed by atoms with Crippen LogP contribution in [0.3, 0.4) is 0 Å². The molecule has 0 unspecified atom stereocenters. The van der Waals surface area contributed by atoms with Crippen LogP contribution in [0.5, 0.6) is 0 Å². The predicted octanol–water partition coefficient (Wildman–Crippen LogP) is 1.75. The van der Waals surface area contributed by atoms with E-state index in [2.05, 4.69) is 30.4 Å². The van der Waals surface area contributed by atoms with Crippen LogP contribution in [-0.2, 0) is 10.2 Å². The summed E-state index contributed by atoms with van der Waals surface area (Å²) in [5.41, 5.74) is 0. The molecule has 0 aliphatic heterocycles. The highest BCUT2D eigenvalue weighted by Gasteiger charge is 2.10.